The Morgan fingerprint density at radius 1 is 1.31 bits per heavy atom. The van der Waals surface area contributed by atoms with Crippen molar-refractivity contribution in [3.05, 3.63) is 23.4 Å². The maximum atomic E-state index is 12.6. The largest absolute Gasteiger partial charge is 0.416 e. The first-order valence-corrected chi connectivity index (χ1v) is 5.23. The maximum absolute atomic E-state index is 12.6. The van der Waals surface area contributed by atoms with Gasteiger partial charge in [0.15, 0.2) is 0 Å². The predicted molar refractivity (Wildman–Crippen MR) is 57.4 cm³/mol. The number of pyridine rings is 1. The van der Waals surface area contributed by atoms with Gasteiger partial charge < -0.3 is 5.32 Å². The molecule has 0 aliphatic heterocycles. The van der Waals surface area contributed by atoms with Crippen molar-refractivity contribution in [2.24, 2.45) is 0 Å². The molecule has 16 heavy (non-hydrogen) atoms. The third kappa shape index (κ3) is 3.40. The van der Waals surface area contributed by atoms with Crippen LogP contribution >= 0.6 is 0 Å². The van der Waals surface area contributed by atoms with Crippen molar-refractivity contribution >= 4 is 5.82 Å². The van der Waals surface area contributed by atoms with Gasteiger partial charge >= 0.3 is 6.18 Å². The van der Waals surface area contributed by atoms with Crippen LogP contribution in [0.5, 0.6) is 0 Å². The summed E-state index contributed by atoms with van der Waals surface area (Å²) >= 11 is 0. The molecule has 1 heterocycles. The van der Waals surface area contributed by atoms with E-state index in [1.54, 1.807) is 7.05 Å². The van der Waals surface area contributed by atoms with Crippen LogP contribution in [0, 0.1) is 0 Å². The average Bonchev–Trinajstić information content (AvgIpc) is 2.24. The number of aromatic nitrogens is 1. The van der Waals surface area contributed by atoms with E-state index in [-0.39, 0.29) is 5.82 Å². The molecule has 0 bridgehead atoms. The SMILES string of the molecule is CCCCc1cc(C(F)(F)F)cc(NC)n1. The van der Waals surface area contributed by atoms with Gasteiger partial charge in [0.25, 0.3) is 0 Å². The minimum absolute atomic E-state index is 0.265. The Labute approximate surface area is 92.9 Å². The number of hydrogen-bond acceptors (Lipinski definition) is 2. The summed E-state index contributed by atoms with van der Waals surface area (Å²) < 4.78 is 37.7. The second-order valence-corrected chi connectivity index (χ2v) is 3.58. The lowest BCUT2D eigenvalue weighted by atomic mass is 10.1. The Balaban J connectivity index is 3.01. The zero-order valence-electron chi connectivity index (χ0n) is 9.36. The average molecular weight is 232 g/mol. The van der Waals surface area contributed by atoms with Gasteiger partial charge in [-0.3, -0.25) is 0 Å². The summed E-state index contributed by atoms with van der Waals surface area (Å²) in [5.41, 5.74) is -0.154. The summed E-state index contributed by atoms with van der Waals surface area (Å²) in [6.07, 6.45) is -1.95. The van der Waals surface area contributed by atoms with E-state index in [1.165, 1.54) is 0 Å². The van der Waals surface area contributed by atoms with E-state index < -0.39 is 11.7 Å². The fraction of sp³-hybridized carbons (Fsp3) is 0.545. The number of rotatable bonds is 4. The molecule has 0 spiro atoms. The van der Waals surface area contributed by atoms with Gasteiger partial charge in [0.1, 0.15) is 5.82 Å². The molecule has 2 nitrogen and oxygen atoms in total. The van der Waals surface area contributed by atoms with Crippen molar-refractivity contribution in [1.82, 2.24) is 4.98 Å². The number of alkyl halides is 3. The third-order valence-corrected chi connectivity index (χ3v) is 2.25. The number of nitrogens with one attached hydrogen (secondary N) is 1. The summed E-state index contributed by atoms with van der Waals surface area (Å²) in [6.45, 7) is 1.99. The minimum atomic E-state index is -4.31. The molecule has 0 aromatic carbocycles. The molecular weight excluding hydrogens is 217 g/mol. The molecule has 0 fully saturated rings. The maximum Gasteiger partial charge on any atom is 0.416 e. The molecule has 0 aliphatic carbocycles. The highest BCUT2D eigenvalue weighted by Gasteiger charge is 2.31. The molecular formula is C11H15F3N2. The molecule has 0 saturated heterocycles. The van der Waals surface area contributed by atoms with Crippen LogP contribution in [0.3, 0.4) is 0 Å². The molecule has 90 valence electrons. The number of anilines is 1. The molecule has 0 aliphatic rings. The van der Waals surface area contributed by atoms with Crippen molar-refractivity contribution in [1.29, 1.82) is 0 Å². The van der Waals surface area contributed by atoms with Crippen LogP contribution in [0.4, 0.5) is 19.0 Å². The van der Waals surface area contributed by atoms with Gasteiger partial charge in [-0.05, 0) is 25.0 Å². The van der Waals surface area contributed by atoms with Crippen LogP contribution in [-0.2, 0) is 12.6 Å². The Hall–Kier alpha value is -1.26. The molecule has 0 atom stereocenters. The summed E-state index contributed by atoms with van der Waals surface area (Å²) in [4.78, 5) is 4.09. The standard InChI is InChI=1S/C11H15F3N2/c1-3-4-5-9-6-8(11(12,13)14)7-10(15-2)16-9/h6-7H,3-5H2,1-2H3,(H,15,16). The molecule has 1 N–H and O–H groups in total. The number of unbranched alkanes of at least 4 members (excludes halogenated alkanes) is 1. The van der Waals surface area contributed by atoms with Crippen LogP contribution in [0.25, 0.3) is 0 Å². The van der Waals surface area contributed by atoms with E-state index in [9.17, 15) is 13.2 Å². The second kappa shape index (κ2) is 5.18. The van der Waals surface area contributed by atoms with Crippen molar-refractivity contribution in [2.45, 2.75) is 32.4 Å². The monoisotopic (exact) mass is 232 g/mol. The van der Waals surface area contributed by atoms with E-state index in [0.717, 1.165) is 25.0 Å². The third-order valence-electron chi connectivity index (χ3n) is 2.25. The Kier molecular flexibility index (Phi) is 4.15. The van der Waals surface area contributed by atoms with Crippen LogP contribution in [-0.4, -0.2) is 12.0 Å². The molecule has 1 rings (SSSR count). The van der Waals surface area contributed by atoms with E-state index >= 15 is 0 Å². The molecule has 1 aromatic heterocycles. The Bertz CT molecular complexity index is 348. The summed E-state index contributed by atoms with van der Waals surface area (Å²) in [5.74, 6) is 0.265. The van der Waals surface area contributed by atoms with Crippen LogP contribution in [0.2, 0.25) is 0 Å². The van der Waals surface area contributed by atoms with Gasteiger partial charge in [-0.25, -0.2) is 4.98 Å². The first kappa shape index (κ1) is 12.8. The first-order chi connectivity index (χ1) is 7.47. The molecule has 0 unspecified atom stereocenters. The highest BCUT2D eigenvalue weighted by atomic mass is 19.4. The lowest BCUT2D eigenvalue weighted by Crippen LogP contribution is -2.08. The normalized spacial score (nSPS) is 11.6. The molecule has 1 aromatic rings. The Morgan fingerprint density at radius 2 is 2.00 bits per heavy atom. The zero-order chi connectivity index (χ0) is 12.2. The minimum Gasteiger partial charge on any atom is -0.373 e. The fourth-order valence-corrected chi connectivity index (χ4v) is 1.37. The van der Waals surface area contributed by atoms with E-state index in [1.807, 2.05) is 6.92 Å². The van der Waals surface area contributed by atoms with Gasteiger partial charge in [-0.15, -0.1) is 0 Å². The first-order valence-electron chi connectivity index (χ1n) is 5.23. The van der Waals surface area contributed by atoms with Crippen molar-refractivity contribution < 1.29 is 13.2 Å². The summed E-state index contributed by atoms with van der Waals surface area (Å²) in [7, 11) is 1.56. The van der Waals surface area contributed by atoms with Crippen molar-refractivity contribution in [3.63, 3.8) is 0 Å². The lowest BCUT2D eigenvalue weighted by molar-refractivity contribution is -0.137. The van der Waals surface area contributed by atoms with E-state index in [4.69, 9.17) is 0 Å². The molecule has 0 amide bonds. The Morgan fingerprint density at radius 3 is 2.50 bits per heavy atom. The topological polar surface area (TPSA) is 24.9 Å². The lowest BCUT2D eigenvalue weighted by Gasteiger charge is -2.11. The fourth-order valence-electron chi connectivity index (χ4n) is 1.37. The van der Waals surface area contributed by atoms with Crippen LogP contribution in [0.15, 0.2) is 12.1 Å². The van der Waals surface area contributed by atoms with Crippen LogP contribution in [0.1, 0.15) is 31.0 Å². The smallest absolute Gasteiger partial charge is 0.373 e. The molecule has 0 saturated carbocycles. The van der Waals surface area contributed by atoms with Gasteiger partial charge in [-0.1, -0.05) is 13.3 Å². The quantitative estimate of drug-likeness (QED) is 0.859. The summed E-state index contributed by atoms with van der Waals surface area (Å²) in [5, 5.41) is 2.65. The van der Waals surface area contributed by atoms with Gasteiger partial charge in [0, 0.05) is 12.7 Å². The zero-order valence-corrected chi connectivity index (χ0v) is 9.36. The van der Waals surface area contributed by atoms with Gasteiger partial charge in [0.2, 0.25) is 0 Å². The summed E-state index contributed by atoms with van der Waals surface area (Å²) in [6, 6.07) is 2.14. The van der Waals surface area contributed by atoms with Crippen LogP contribution < -0.4 is 5.32 Å². The number of hydrogen-bond donors (Lipinski definition) is 1. The van der Waals surface area contributed by atoms with E-state index in [0.29, 0.717) is 12.1 Å². The number of halogens is 3. The van der Waals surface area contributed by atoms with Gasteiger partial charge in [0.05, 0.1) is 5.56 Å². The number of aryl methyl sites for hydroxylation is 1. The van der Waals surface area contributed by atoms with Crippen molar-refractivity contribution in [3.8, 4) is 0 Å². The molecule has 0 radical (unpaired) electrons. The van der Waals surface area contributed by atoms with E-state index in [2.05, 4.69) is 10.3 Å². The predicted octanol–water partition coefficient (Wildman–Crippen LogP) is 3.48. The van der Waals surface area contributed by atoms with Crippen molar-refractivity contribution in [2.75, 3.05) is 12.4 Å². The molecule has 5 heteroatoms. The number of nitrogens with zero attached hydrogens (tertiary/aromatic N) is 1. The van der Waals surface area contributed by atoms with Gasteiger partial charge in [-0.2, -0.15) is 13.2 Å². The highest BCUT2D eigenvalue weighted by molar-refractivity contribution is 5.40. The highest BCUT2D eigenvalue weighted by Crippen LogP contribution is 2.31. The second-order valence-electron chi connectivity index (χ2n) is 3.58.